The standard InChI is InChI=1S/C15H16F4N4O/c1-20-7-4-8-21-14(24)10-9-22-23(13(10)15(17,18)19)12-6-3-2-5-11(12)16/h2-3,5-6,9,20H,4,7-8H2,1H3,(H,21,24). The van der Waals surface area contributed by atoms with Crippen LogP contribution in [0.2, 0.25) is 0 Å². The molecule has 0 saturated heterocycles. The highest BCUT2D eigenvalue weighted by Gasteiger charge is 2.40. The van der Waals surface area contributed by atoms with Gasteiger partial charge in [-0.15, -0.1) is 0 Å². The third-order valence-electron chi connectivity index (χ3n) is 3.25. The van der Waals surface area contributed by atoms with Gasteiger partial charge in [-0.1, -0.05) is 12.1 Å². The van der Waals surface area contributed by atoms with E-state index in [-0.39, 0.29) is 12.2 Å². The molecule has 130 valence electrons. The molecule has 9 heteroatoms. The van der Waals surface area contributed by atoms with Crippen LogP contribution in [0, 0.1) is 5.82 Å². The molecule has 24 heavy (non-hydrogen) atoms. The van der Waals surface area contributed by atoms with Gasteiger partial charge in [-0.2, -0.15) is 18.3 Å². The lowest BCUT2D eigenvalue weighted by molar-refractivity contribution is -0.143. The lowest BCUT2D eigenvalue weighted by atomic mass is 10.2. The lowest BCUT2D eigenvalue weighted by Gasteiger charge is -2.13. The largest absolute Gasteiger partial charge is 0.434 e. The summed E-state index contributed by atoms with van der Waals surface area (Å²) in [5.41, 5.74) is -2.33. The summed E-state index contributed by atoms with van der Waals surface area (Å²) in [7, 11) is 1.72. The van der Waals surface area contributed by atoms with Crippen LogP contribution >= 0.6 is 0 Å². The van der Waals surface area contributed by atoms with E-state index in [4.69, 9.17) is 0 Å². The Bertz CT molecular complexity index is 712. The zero-order valence-electron chi connectivity index (χ0n) is 12.8. The Kier molecular flexibility index (Phi) is 5.55. The van der Waals surface area contributed by atoms with Gasteiger partial charge in [0.2, 0.25) is 0 Å². The Morgan fingerprint density at radius 2 is 1.96 bits per heavy atom. The number of benzene rings is 1. The van der Waals surface area contributed by atoms with Crippen LogP contribution in [-0.2, 0) is 6.18 Å². The molecule has 0 aliphatic carbocycles. The first-order valence-corrected chi connectivity index (χ1v) is 7.19. The minimum atomic E-state index is -4.86. The van der Waals surface area contributed by atoms with Crippen molar-refractivity contribution in [2.45, 2.75) is 12.6 Å². The molecule has 0 saturated carbocycles. The van der Waals surface area contributed by atoms with Gasteiger partial charge in [-0.05, 0) is 32.1 Å². The van der Waals surface area contributed by atoms with Crippen molar-refractivity contribution in [2.24, 2.45) is 0 Å². The number of hydrogen-bond acceptors (Lipinski definition) is 3. The number of carbonyl (C=O) groups is 1. The zero-order valence-corrected chi connectivity index (χ0v) is 12.8. The van der Waals surface area contributed by atoms with Gasteiger partial charge in [-0.25, -0.2) is 9.07 Å². The Morgan fingerprint density at radius 1 is 1.25 bits per heavy atom. The Hall–Kier alpha value is -2.42. The number of rotatable bonds is 6. The van der Waals surface area contributed by atoms with Gasteiger partial charge in [0.1, 0.15) is 11.5 Å². The average Bonchev–Trinajstić information content (AvgIpc) is 2.97. The maximum Gasteiger partial charge on any atom is 0.434 e. The quantitative estimate of drug-likeness (QED) is 0.625. The molecule has 5 nitrogen and oxygen atoms in total. The highest BCUT2D eigenvalue weighted by atomic mass is 19.4. The fourth-order valence-electron chi connectivity index (χ4n) is 2.16. The molecule has 1 heterocycles. The minimum Gasteiger partial charge on any atom is -0.352 e. The molecular formula is C15H16F4N4O. The molecular weight excluding hydrogens is 328 g/mol. The second kappa shape index (κ2) is 7.43. The van der Waals surface area contributed by atoms with Gasteiger partial charge >= 0.3 is 6.18 Å². The molecule has 1 aromatic carbocycles. The summed E-state index contributed by atoms with van der Waals surface area (Å²) in [6.07, 6.45) is -3.51. The van der Waals surface area contributed by atoms with Gasteiger partial charge in [-0.3, -0.25) is 4.79 Å². The molecule has 1 aromatic heterocycles. The maximum absolute atomic E-state index is 13.8. The first kappa shape index (κ1) is 17.9. The van der Waals surface area contributed by atoms with Crippen molar-refractivity contribution in [1.29, 1.82) is 0 Å². The predicted octanol–water partition coefficient (Wildman–Crippen LogP) is 2.37. The SMILES string of the molecule is CNCCCNC(=O)c1cnn(-c2ccccc2F)c1C(F)(F)F. The van der Waals surface area contributed by atoms with E-state index in [2.05, 4.69) is 15.7 Å². The molecule has 0 bridgehead atoms. The number of amides is 1. The van der Waals surface area contributed by atoms with E-state index in [1.54, 1.807) is 7.05 Å². The van der Waals surface area contributed by atoms with Crippen LogP contribution < -0.4 is 10.6 Å². The van der Waals surface area contributed by atoms with E-state index < -0.39 is 29.2 Å². The second-order valence-electron chi connectivity index (χ2n) is 4.98. The number of nitrogens with zero attached hydrogens (tertiary/aromatic N) is 2. The zero-order chi connectivity index (χ0) is 17.7. The number of halogens is 4. The molecule has 0 radical (unpaired) electrons. The van der Waals surface area contributed by atoms with Crippen molar-refractivity contribution >= 4 is 5.91 Å². The highest BCUT2D eigenvalue weighted by Crippen LogP contribution is 2.34. The van der Waals surface area contributed by atoms with Crippen molar-refractivity contribution in [3.63, 3.8) is 0 Å². The summed E-state index contributed by atoms with van der Waals surface area (Å²) in [6.45, 7) is 0.822. The molecule has 2 N–H and O–H groups in total. The summed E-state index contributed by atoms with van der Waals surface area (Å²) in [6, 6.07) is 4.92. The van der Waals surface area contributed by atoms with Crippen LogP contribution in [0.15, 0.2) is 30.5 Å². The summed E-state index contributed by atoms with van der Waals surface area (Å²) in [5.74, 6) is -1.77. The molecule has 0 fully saturated rings. The number of hydrogen-bond donors (Lipinski definition) is 2. The maximum atomic E-state index is 13.8. The van der Waals surface area contributed by atoms with Crippen LogP contribution in [0.1, 0.15) is 22.5 Å². The minimum absolute atomic E-state index is 0.210. The molecule has 0 aliphatic heterocycles. The van der Waals surface area contributed by atoms with Crippen molar-refractivity contribution in [3.8, 4) is 5.69 Å². The number of nitrogens with one attached hydrogen (secondary N) is 2. The van der Waals surface area contributed by atoms with E-state index >= 15 is 0 Å². The number of aromatic nitrogens is 2. The number of alkyl halides is 3. The fourth-order valence-corrected chi connectivity index (χ4v) is 2.16. The van der Waals surface area contributed by atoms with Gasteiger partial charge in [0, 0.05) is 6.54 Å². The Balaban J connectivity index is 2.37. The van der Waals surface area contributed by atoms with E-state index in [1.165, 1.54) is 12.1 Å². The predicted molar refractivity (Wildman–Crippen MR) is 79.4 cm³/mol. The molecule has 2 rings (SSSR count). The first-order chi connectivity index (χ1) is 11.4. The van der Waals surface area contributed by atoms with E-state index in [0.29, 0.717) is 17.6 Å². The topological polar surface area (TPSA) is 58.9 Å². The molecule has 2 aromatic rings. The third-order valence-corrected chi connectivity index (χ3v) is 3.25. The molecule has 1 amide bonds. The summed E-state index contributed by atoms with van der Waals surface area (Å²) >= 11 is 0. The highest BCUT2D eigenvalue weighted by molar-refractivity contribution is 5.95. The van der Waals surface area contributed by atoms with Crippen LogP contribution in [-0.4, -0.2) is 35.8 Å². The Labute approximate surface area is 135 Å². The second-order valence-corrected chi connectivity index (χ2v) is 4.98. The summed E-state index contributed by atoms with van der Waals surface area (Å²) in [4.78, 5) is 12.0. The normalized spacial score (nSPS) is 11.5. The van der Waals surface area contributed by atoms with E-state index in [9.17, 15) is 22.4 Å². The van der Waals surface area contributed by atoms with E-state index in [1.807, 2.05) is 0 Å². The van der Waals surface area contributed by atoms with Crippen LogP contribution in [0.25, 0.3) is 5.69 Å². The smallest absolute Gasteiger partial charge is 0.352 e. The first-order valence-electron chi connectivity index (χ1n) is 7.19. The van der Waals surface area contributed by atoms with Gasteiger partial charge in [0.25, 0.3) is 5.91 Å². The third kappa shape index (κ3) is 3.91. The van der Waals surface area contributed by atoms with Gasteiger partial charge < -0.3 is 10.6 Å². The van der Waals surface area contributed by atoms with Crippen LogP contribution in [0.4, 0.5) is 17.6 Å². The Morgan fingerprint density at radius 3 is 2.58 bits per heavy atom. The van der Waals surface area contributed by atoms with Crippen LogP contribution in [0.5, 0.6) is 0 Å². The van der Waals surface area contributed by atoms with Crippen LogP contribution in [0.3, 0.4) is 0 Å². The molecule has 0 aliphatic rings. The number of para-hydroxylation sites is 1. The average molecular weight is 344 g/mol. The van der Waals surface area contributed by atoms with E-state index in [0.717, 1.165) is 18.3 Å². The lowest BCUT2D eigenvalue weighted by Crippen LogP contribution is -2.29. The van der Waals surface area contributed by atoms with Crippen molar-refractivity contribution in [1.82, 2.24) is 20.4 Å². The van der Waals surface area contributed by atoms with Gasteiger partial charge in [0.15, 0.2) is 5.69 Å². The summed E-state index contributed by atoms with van der Waals surface area (Å²) < 4.78 is 54.4. The molecule has 0 atom stereocenters. The molecule has 0 unspecified atom stereocenters. The van der Waals surface area contributed by atoms with Crippen molar-refractivity contribution in [2.75, 3.05) is 20.1 Å². The summed E-state index contributed by atoms with van der Waals surface area (Å²) in [5, 5.41) is 8.82. The fraction of sp³-hybridized carbons (Fsp3) is 0.333. The van der Waals surface area contributed by atoms with Crippen molar-refractivity contribution < 1.29 is 22.4 Å². The number of carbonyl (C=O) groups excluding carboxylic acids is 1. The van der Waals surface area contributed by atoms with Crippen molar-refractivity contribution in [3.05, 3.63) is 47.5 Å². The molecule has 0 spiro atoms. The van der Waals surface area contributed by atoms with Gasteiger partial charge in [0.05, 0.1) is 11.8 Å². The monoisotopic (exact) mass is 344 g/mol.